The zero-order valence-corrected chi connectivity index (χ0v) is 8.53. The molecular weight excluding hydrogens is 204 g/mol. The highest BCUT2D eigenvalue weighted by molar-refractivity contribution is 7.85. The van der Waals surface area contributed by atoms with Crippen molar-refractivity contribution >= 4 is 16.2 Å². The van der Waals surface area contributed by atoms with Crippen molar-refractivity contribution in [2.24, 2.45) is 0 Å². The molecule has 0 bridgehead atoms. The Hall–Kier alpha value is -1.33. The lowest BCUT2D eigenvalue weighted by molar-refractivity contribution is 0.474. The standard InChI is InChI=1S/C8H8O.CH4O3S/c1-2-7-5-3-4-6-8(7)9;1-5(2,3)4/h2-6,9H,1H2;1H3,(H,2,3,4). The first-order chi connectivity index (χ1) is 6.34. The van der Waals surface area contributed by atoms with E-state index in [9.17, 15) is 8.42 Å². The molecule has 0 amide bonds. The predicted octanol–water partition coefficient (Wildman–Crippen LogP) is 1.54. The van der Waals surface area contributed by atoms with Crippen LogP contribution in [0.5, 0.6) is 5.75 Å². The molecule has 0 saturated heterocycles. The van der Waals surface area contributed by atoms with Crippen molar-refractivity contribution in [2.75, 3.05) is 6.26 Å². The number of hydrogen-bond acceptors (Lipinski definition) is 3. The molecule has 0 fully saturated rings. The van der Waals surface area contributed by atoms with Crippen LogP contribution in [0.2, 0.25) is 0 Å². The van der Waals surface area contributed by atoms with Crippen molar-refractivity contribution in [3.63, 3.8) is 0 Å². The molecule has 0 aliphatic carbocycles. The number of phenols is 1. The van der Waals surface area contributed by atoms with Gasteiger partial charge in [0.1, 0.15) is 5.75 Å². The van der Waals surface area contributed by atoms with E-state index in [0.717, 1.165) is 5.56 Å². The summed E-state index contributed by atoms with van der Waals surface area (Å²) in [5, 5.41) is 9.04. The zero-order chi connectivity index (χ0) is 11.2. The Labute approximate surface area is 83.3 Å². The molecule has 0 saturated carbocycles. The summed E-state index contributed by atoms with van der Waals surface area (Å²) >= 11 is 0. The van der Waals surface area contributed by atoms with E-state index in [1.807, 2.05) is 12.1 Å². The smallest absolute Gasteiger partial charge is 0.261 e. The summed E-state index contributed by atoms with van der Waals surface area (Å²) in [6.07, 6.45) is 2.34. The van der Waals surface area contributed by atoms with Gasteiger partial charge >= 0.3 is 0 Å². The number of phenolic OH excluding ortho intramolecular Hbond substituents is 1. The van der Waals surface area contributed by atoms with Crippen molar-refractivity contribution < 1.29 is 18.1 Å². The van der Waals surface area contributed by atoms with Crippen LogP contribution in [0, 0.1) is 0 Å². The van der Waals surface area contributed by atoms with Crippen molar-refractivity contribution in [3.05, 3.63) is 36.4 Å². The van der Waals surface area contributed by atoms with Crippen LogP contribution >= 0.6 is 0 Å². The summed E-state index contributed by atoms with van der Waals surface area (Å²) in [6, 6.07) is 7.08. The quantitative estimate of drug-likeness (QED) is 0.698. The van der Waals surface area contributed by atoms with E-state index in [2.05, 4.69) is 6.58 Å². The molecule has 5 heteroatoms. The van der Waals surface area contributed by atoms with Gasteiger partial charge in [-0.15, -0.1) is 0 Å². The first-order valence-electron chi connectivity index (χ1n) is 3.67. The second-order valence-electron chi connectivity index (χ2n) is 2.50. The van der Waals surface area contributed by atoms with Gasteiger partial charge in [0.25, 0.3) is 10.1 Å². The third-order valence-corrected chi connectivity index (χ3v) is 1.16. The molecule has 78 valence electrons. The van der Waals surface area contributed by atoms with Crippen LogP contribution in [0.4, 0.5) is 0 Å². The molecule has 0 unspecified atom stereocenters. The van der Waals surface area contributed by atoms with E-state index in [0.29, 0.717) is 6.26 Å². The number of rotatable bonds is 1. The van der Waals surface area contributed by atoms with Crippen molar-refractivity contribution in [3.8, 4) is 5.75 Å². The first kappa shape index (κ1) is 12.7. The SMILES string of the molecule is C=Cc1ccccc1O.CS(=O)(=O)O. The van der Waals surface area contributed by atoms with Crippen LogP contribution in [0.1, 0.15) is 5.56 Å². The van der Waals surface area contributed by atoms with Gasteiger partial charge in [-0.05, 0) is 6.07 Å². The summed E-state index contributed by atoms with van der Waals surface area (Å²) in [7, 11) is -3.67. The highest BCUT2D eigenvalue weighted by Crippen LogP contribution is 2.15. The van der Waals surface area contributed by atoms with Crippen LogP contribution in [0.3, 0.4) is 0 Å². The average Bonchev–Trinajstić information content (AvgIpc) is 2.02. The normalized spacial score (nSPS) is 9.86. The van der Waals surface area contributed by atoms with E-state index < -0.39 is 10.1 Å². The second-order valence-corrected chi connectivity index (χ2v) is 3.96. The van der Waals surface area contributed by atoms with Crippen LogP contribution < -0.4 is 0 Å². The summed E-state index contributed by atoms with van der Waals surface area (Å²) in [5.41, 5.74) is 0.775. The van der Waals surface area contributed by atoms with E-state index in [1.165, 1.54) is 0 Å². The minimum atomic E-state index is -3.67. The Bertz CT molecular complexity index is 387. The van der Waals surface area contributed by atoms with Crippen molar-refractivity contribution in [1.29, 1.82) is 0 Å². The third-order valence-electron chi connectivity index (χ3n) is 1.16. The van der Waals surface area contributed by atoms with Gasteiger partial charge in [0.05, 0.1) is 6.26 Å². The molecule has 14 heavy (non-hydrogen) atoms. The molecule has 0 aliphatic heterocycles. The predicted molar refractivity (Wildman–Crippen MR) is 55.7 cm³/mol. The summed E-state index contributed by atoms with van der Waals surface area (Å²) < 4.78 is 25.9. The van der Waals surface area contributed by atoms with Gasteiger partial charge in [-0.3, -0.25) is 4.55 Å². The van der Waals surface area contributed by atoms with Crippen LogP contribution in [0.15, 0.2) is 30.8 Å². The van der Waals surface area contributed by atoms with Crippen molar-refractivity contribution in [1.82, 2.24) is 0 Å². The molecule has 1 aromatic carbocycles. The molecule has 0 aromatic heterocycles. The van der Waals surface area contributed by atoms with Gasteiger partial charge in [0, 0.05) is 5.56 Å². The fourth-order valence-electron chi connectivity index (χ4n) is 0.660. The highest BCUT2D eigenvalue weighted by atomic mass is 32.2. The maximum Gasteiger partial charge on any atom is 0.261 e. The summed E-state index contributed by atoms with van der Waals surface area (Å²) in [4.78, 5) is 0. The Balaban J connectivity index is 0.000000292. The van der Waals surface area contributed by atoms with Gasteiger partial charge < -0.3 is 5.11 Å². The maximum absolute atomic E-state index is 9.19. The van der Waals surface area contributed by atoms with E-state index >= 15 is 0 Å². The summed E-state index contributed by atoms with van der Waals surface area (Å²) in [6.45, 7) is 3.53. The van der Waals surface area contributed by atoms with Gasteiger partial charge in [0.2, 0.25) is 0 Å². The molecule has 4 nitrogen and oxygen atoms in total. The average molecular weight is 216 g/mol. The minimum Gasteiger partial charge on any atom is -0.507 e. The number of benzene rings is 1. The maximum atomic E-state index is 9.19. The fourth-order valence-corrected chi connectivity index (χ4v) is 0.660. The Kier molecular flexibility index (Phi) is 4.90. The lowest BCUT2D eigenvalue weighted by Crippen LogP contribution is -1.88. The van der Waals surface area contributed by atoms with Crippen molar-refractivity contribution in [2.45, 2.75) is 0 Å². The molecule has 0 spiro atoms. The van der Waals surface area contributed by atoms with E-state index in [4.69, 9.17) is 9.66 Å². The number of hydrogen-bond donors (Lipinski definition) is 2. The molecule has 0 heterocycles. The van der Waals surface area contributed by atoms with Crippen LogP contribution in [-0.4, -0.2) is 24.3 Å². The van der Waals surface area contributed by atoms with E-state index in [-0.39, 0.29) is 5.75 Å². The summed E-state index contributed by atoms with van der Waals surface area (Å²) in [5.74, 6) is 0.285. The topological polar surface area (TPSA) is 74.6 Å². The highest BCUT2D eigenvalue weighted by Gasteiger charge is 1.89. The van der Waals surface area contributed by atoms with E-state index in [1.54, 1.807) is 18.2 Å². The van der Waals surface area contributed by atoms with Gasteiger partial charge in [-0.1, -0.05) is 30.9 Å². The fraction of sp³-hybridized carbons (Fsp3) is 0.111. The molecule has 2 N–H and O–H groups in total. The Morgan fingerprint density at radius 2 is 1.79 bits per heavy atom. The minimum absolute atomic E-state index is 0.285. The van der Waals surface area contributed by atoms with Gasteiger partial charge in [0.15, 0.2) is 0 Å². The zero-order valence-electron chi connectivity index (χ0n) is 7.71. The Morgan fingerprint density at radius 3 is 2.07 bits per heavy atom. The lowest BCUT2D eigenvalue weighted by Gasteiger charge is -1.93. The van der Waals surface area contributed by atoms with Crippen LogP contribution in [-0.2, 0) is 10.1 Å². The molecule has 0 atom stereocenters. The largest absolute Gasteiger partial charge is 0.507 e. The molecule has 0 aliphatic rings. The monoisotopic (exact) mass is 216 g/mol. The van der Waals surface area contributed by atoms with Gasteiger partial charge in [-0.2, -0.15) is 8.42 Å². The number of aromatic hydroxyl groups is 1. The third kappa shape index (κ3) is 7.33. The molecule has 1 aromatic rings. The first-order valence-corrected chi connectivity index (χ1v) is 5.52. The lowest BCUT2D eigenvalue weighted by atomic mass is 10.2. The molecule has 1 rings (SSSR count). The number of para-hydroxylation sites is 1. The van der Waals surface area contributed by atoms with Crippen LogP contribution in [0.25, 0.3) is 6.08 Å². The molecular formula is C9H12O4S. The molecule has 0 radical (unpaired) electrons. The second kappa shape index (κ2) is 5.41. The van der Waals surface area contributed by atoms with Gasteiger partial charge in [-0.25, -0.2) is 0 Å². The Morgan fingerprint density at radius 1 is 1.36 bits per heavy atom.